The van der Waals surface area contributed by atoms with Gasteiger partial charge in [0.05, 0.1) is 34.2 Å². The Balaban J connectivity index is 0.781. The average Bonchev–Trinajstić information content (AvgIpc) is 3.38. The second-order valence-electron chi connectivity index (χ2n) is 15.6. The van der Waals surface area contributed by atoms with E-state index in [2.05, 4.69) is 303 Å². The van der Waals surface area contributed by atoms with Crippen molar-refractivity contribution >= 4 is 68.4 Å². The number of para-hydroxylation sites is 4. The van der Waals surface area contributed by atoms with Gasteiger partial charge in [-0.2, -0.15) is 0 Å². The van der Waals surface area contributed by atoms with Crippen molar-refractivity contribution in [3.63, 3.8) is 0 Å². The predicted octanol–water partition coefficient (Wildman–Crippen LogP) is 17.8. The van der Waals surface area contributed by atoms with Gasteiger partial charge in [-0.3, -0.25) is 3.11 Å². The first-order valence-corrected chi connectivity index (χ1v) is 22.5. The minimum absolute atomic E-state index is 1.12. The van der Waals surface area contributed by atoms with Crippen molar-refractivity contribution in [1.82, 2.24) is 0 Å². The van der Waals surface area contributed by atoms with Crippen molar-refractivity contribution in [2.45, 2.75) is 0 Å². The van der Waals surface area contributed by atoms with Gasteiger partial charge in [0.1, 0.15) is 0 Å². The van der Waals surface area contributed by atoms with Crippen molar-refractivity contribution in [2.75, 3.05) is 12.9 Å². The SMILES string of the molecule is IN(c1ccc(-c2ccc(-c3ccc(N(c4ccccc4)c4ccccc4)cc3)cc2)cc1)c1ccc(-c2ccc(-c3ccc(N(c4ccccc4)c4ccccc4)cc3)cc2)cc1. The minimum atomic E-state index is 1.12. The Morgan fingerprint density at radius 3 is 0.531 bits per heavy atom. The topological polar surface area (TPSA) is 9.72 Å². The van der Waals surface area contributed by atoms with Gasteiger partial charge in [-0.05, 0) is 142 Å². The number of anilines is 8. The summed E-state index contributed by atoms with van der Waals surface area (Å²) in [5.74, 6) is 0. The van der Waals surface area contributed by atoms with Gasteiger partial charge in [0.25, 0.3) is 0 Å². The standard InChI is InChI=1S/C60H44IN3/c61-64(59-41-33-51(34-42-59)47-25-21-45(22-26-47)49-29-37-57(38-30-49)62(53-13-5-1-6-14-53)54-15-7-2-8-16-54)60-43-35-52(36-44-60)48-27-23-46(24-28-48)50-31-39-58(40-32-50)63(55-17-9-3-10-18-55)56-19-11-4-12-20-56/h1-44H. The highest BCUT2D eigenvalue weighted by atomic mass is 127. The Morgan fingerprint density at radius 1 is 0.172 bits per heavy atom. The minimum Gasteiger partial charge on any atom is -0.311 e. The summed E-state index contributed by atoms with van der Waals surface area (Å²) in [5, 5.41) is 0. The fourth-order valence-corrected chi connectivity index (χ4v) is 8.88. The second kappa shape index (κ2) is 18.7. The lowest BCUT2D eigenvalue weighted by Gasteiger charge is -2.25. The molecule has 10 aromatic rings. The Morgan fingerprint density at radius 2 is 0.328 bits per heavy atom. The molecule has 0 aliphatic rings. The van der Waals surface area contributed by atoms with Gasteiger partial charge in [0.15, 0.2) is 0 Å². The molecule has 0 aliphatic heterocycles. The summed E-state index contributed by atoms with van der Waals surface area (Å²) in [4.78, 5) is 4.58. The van der Waals surface area contributed by atoms with Crippen LogP contribution in [-0.4, -0.2) is 0 Å². The summed E-state index contributed by atoms with van der Waals surface area (Å²) in [6.07, 6.45) is 0. The zero-order valence-electron chi connectivity index (χ0n) is 35.1. The third kappa shape index (κ3) is 8.82. The molecule has 10 aromatic carbocycles. The number of hydrogen-bond acceptors (Lipinski definition) is 3. The second-order valence-corrected chi connectivity index (χ2v) is 16.6. The summed E-state index contributed by atoms with van der Waals surface area (Å²) >= 11 is 2.40. The van der Waals surface area contributed by atoms with Gasteiger partial charge in [-0.1, -0.05) is 170 Å². The molecule has 4 heteroatoms. The smallest absolute Gasteiger partial charge is 0.0646 e. The van der Waals surface area contributed by atoms with E-state index in [0.717, 1.165) is 45.5 Å². The highest BCUT2D eigenvalue weighted by Gasteiger charge is 2.14. The van der Waals surface area contributed by atoms with E-state index in [1.54, 1.807) is 0 Å². The van der Waals surface area contributed by atoms with Crippen LogP contribution in [0.4, 0.5) is 45.5 Å². The zero-order chi connectivity index (χ0) is 43.1. The van der Waals surface area contributed by atoms with E-state index >= 15 is 0 Å². The summed E-state index contributed by atoms with van der Waals surface area (Å²) in [6, 6.07) is 95.1. The van der Waals surface area contributed by atoms with Crippen LogP contribution in [0, 0.1) is 0 Å². The van der Waals surface area contributed by atoms with Crippen molar-refractivity contribution in [1.29, 1.82) is 0 Å². The fourth-order valence-electron chi connectivity index (χ4n) is 8.24. The molecule has 306 valence electrons. The molecule has 0 saturated carbocycles. The van der Waals surface area contributed by atoms with E-state index in [9.17, 15) is 0 Å². The third-order valence-electron chi connectivity index (χ3n) is 11.6. The molecule has 0 atom stereocenters. The molecule has 0 N–H and O–H groups in total. The quantitative estimate of drug-likeness (QED) is 0.0893. The Kier molecular flexibility index (Phi) is 11.8. The van der Waals surface area contributed by atoms with Crippen molar-refractivity contribution in [3.05, 3.63) is 267 Å². The van der Waals surface area contributed by atoms with E-state index < -0.39 is 0 Å². The highest BCUT2D eigenvalue weighted by molar-refractivity contribution is 14.1. The van der Waals surface area contributed by atoms with Crippen LogP contribution < -0.4 is 12.9 Å². The molecule has 0 radical (unpaired) electrons. The molecule has 0 saturated heterocycles. The maximum Gasteiger partial charge on any atom is 0.0646 e. The van der Waals surface area contributed by atoms with Gasteiger partial charge in [-0.15, -0.1) is 0 Å². The molecule has 0 unspecified atom stereocenters. The molecule has 64 heavy (non-hydrogen) atoms. The van der Waals surface area contributed by atoms with Gasteiger partial charge in [0.2, 0.25) is 0 Å². The lowest BCUT2D eigenvalue weighted by atomic mass is 9.99. The molecule has 0 aliphatic carbocycles. The Hall–Kier alpha value is -7.67. The lowest BCUT2D eigenvalue weighted by molar-refractivity contribution is 1.28. The van der Waals surface area contributed by atoms with Crippen LogP contribution in [0.25, 0.3) is 44.5 Å². The van der Waals surface area contributed by atoms with Gasteiger partial charge in [-0.25, -0.2) is 0 Å². The zero-order valence-corrected chi connectivity index (χ0v) is 37.3. The van der Waals surface area contributed by atoms with Crippen molar-refractivity contribution in [2.24, 2.45) is 0 Å². The summed E-state index contributed by atoms with van der Waals surface area (Å²) in [5.41, 5.74) is 18.5. The number of halogens is 1. The Labute approximate surface area is 390 Å². The van der Waals surface area contributed by atoms with Crippen molar-refractivity contribution in [3.8, 4) is 44.5 Å². The van der Waals surface area contributed by atoms with Gasteiger partial charge >= 0.3 is 0 Å². The molecule has 3 nitrogen and oxygen atoms in total. The monoisotopic (exact) mass is 933 g/mol. The van der Waals surface area contributed by atoms with Crippen LogP contribution in [0.1, 0.15) is 0 Å². The first-order chi connectivity index (χ1) is 31.6. The maximum atomic E-state index is 2.40. The Bertz CT molecular complexity index is 2740. The van der Waals surface area contributed by atoms with Crippen LogP contribution in [-0.2, 0) is 0 Å². The van der Waals surface area contributed by atoms with E-state index in [4.69, 9.17) is 0 Å². The third-order valence-corrected chi connectivity index (χ3v) is 12.7. The summed E-state index contributed by atoms with van der Waals surface area (Å²) in [7, 11) is 0. The molecule has 0 bridgehead atoms. The molecule has 0 fully saturated rings. The molecule has 0 heterocycles. The maximum absolute atomic E-state index is 2.40. The van der Waals surface area contributed by atoms with Crippen LogP contribution in [0.15, 0.2) is 267 Å². The number of rotatable bonds is 12. The summed E-state index contributed by atoms with van der Waals surface area (Å²) in [6.45, 7) is 0. The van der Waals surface area contributed by atoms with E-state index in [-0.39, 0.29) is 0 Å². The normalized spacial score (nSPS) is 10.9. The van der Waals surface area contributed by atoms with Crippen LogP contribution >= 0.6 is 22.9 Å². The number of benzene rings is 10. The average molecular weight is 934 g/mol. The molecular formula is C60H44IN3. The van der Waals surface area contributed by atoms with E-state index in [1.807, 2.05) is 0 Å². The molecular weight excluding hydrogens is 890 g/mol. The number of hydrogen-bond donors (Lipinski definition) is 0. The fraction of sp³-hybridized carbons (Fsp3) is 0. The van der Waals surface area contributed by atoms with Crippen molar-refractivity contribution < 1.29 is 0 Å². The van der Waals surface area contributed by atoms with E-state index in [1.165, 1.54) is 44.5 Å². The number of nitrogens with zero attached hydrogens (tertiary/aromatic N) is 3. The first-order valence-electron chi connectivity index (χ1n) is 21.5. The molecule has 0 amide bonds. The van der Waals surface area contributed by atoms with Crippen LogP contribution in [0.5, 0.6) is 0 Å². The predicted molar refractivity (Wildman–Crippen MR) is 280 cm³/mol. The molecule has 0 aromatic heterocycles. The first kappa shape index (κ1) is 40.4. The highest BCUT2D eigenvalue weighted by Crippen LogP contribution is 2.38. The largest absolute Gasteiger partial charge is 0.311 e. The van der Waals surface area contributed by atoms with Gasteiger partial charge in [0, 0.05) is 34.1 Å². The molecule has 0 spiro atoms. The van der Waals surface area contributed by atoms with Crippen LogP contribution in [0.2, 0.25) is 0 Å². The lowest BCUT2D eigenvalue weighted by Crippen LogP contribution is -2.09. The van der Waals surface area contributed by atoms with Crippen LogP contribution in [0.3, 0.4) is 0 Å². The van der Waals surface area contributed by atoms with Gasteiger partial charge < -0.3 is 9.80 Å². The molecule has 10 rings (SSSR count). The van der Waals surface area contributed by atoms with E-state index in [0.29, 0.717) is 0 Å². The summed E-state index contributed by atoms with van der Waals surface area (Å²) < 4.78 is 2.21.